The van der Waals surface area contributed by atoms with E-state index in [9.17, 15) is 13.6 Å². The Morgan fingerprint density at radius 3 is 2.62 bits per heavy atom. The molecule has 0 radical (unpaired) electrons. The van der Waals surface area contributed by atoms with E-state index in [4.69, 9.17) is 0 Å². The number of hydrogen-bond acceptors (Lipinski definition) is 2. The van der Waals surface area contributed by atoms with Crippen LogP contribution < -0.4 is 5.69 Å². The van der Waals surface area contributed by atoms with E-state index in [2.05, 4.69) is 11.6 Å². The van der Waals surface area contributed by atoms with Crippen LogP contribution in [-0.2, 0) is 6.54 Å². The van der Waals surface area contributed by atoms with Crippen LogP contribution in [0.5, 0.6) is 0 Å². The standard InChI is InChI=1S/C15H11F2N3O/c1-2-6-19-14-13(4-3-5-18-14)20(15(19)21)12-8-10(16)7-11(17)9-12/h2-5,7-9H,1,6H2. The quantitative estimate of drug-likeness (QED) is 0.695. The number of hydrogen-bond donors (Lipinski definition) is 0. The van der Waals surface area contributed by atoms with Crippen molar-refractivity contribution >= 4 is 11.2 Å². The lowest BCUT2D eigenvalue weighted by Gasteiger charge is -2.03. The highest BCUT2D eigenvalue weighted by Gasteiger charge is 2.15. The van der Waals surface area contributed by atoms with E-state index in [-0.39, 0.29) is 12.2 Å². The van der Waals surface area contributed by atoms with Crippen molar-refractivity contribution in [2.45, 2.75) is 6.54 Å². The second kappa shape index (κ2) is 4.97. The van der Waals surface area contributed by atoms with Gasteiger partial charge in [-0.2, -0.15) is 0 Å². The molecule has 1 aromatic carbocycles. The molecule has 2 aromatic heterocycles. The van der Waals surface area contributed by atoms with Gasteiger partial charge in [0.15, 0.2) is 5.65 Å². The van der Waals surface area contributed by atoms with Gasteiger partial charge in [0.25, 0.3) is 0 Å². The number of rotatable bonds is 3. The highest BCUT2D eigenvalue weighted by atomic mass is 19.1. The van der Waals surface area contributed by atoms with Gasteiger partial charge in [-0.15, -0.1) is 6.58 Å². The number of allylic oxidation sites excluding steroid dienone is 1. The third-order valence-electron chi connectivity index (χ3n) is 3.10. The average molecular weight is 287 g/mol. The number of nitrogens with zero attached hydrogens (tertiary/aromatic N) is 3. The molecular weight excluding hydrogens is 276 g/mol. The van der Waals surface area contributed by atoms with E-state index in [1.165, 1.54) is 9.13 Å². The average Bonchev–Trinajstić information content (AvgIpc) is 2.71. The molecule has 0 fully saturated rings. The molecule has 0 amide bonds. The van der Waals surface area contributed by atoms with Crippen LogP contribution in [0, 0.1) is 11.6 Å². The Bertz CT molecular complexity index is 875. The molecule has 4 nitrogen and oxygen atoms in total. The molecular formula is C15H11F2N3O. The zero-order valence-electron chi connectivity index (χ0n) is 11.0. The number of fused-ring (bicyclic) bond motifs is 1. The molecule has 0 bridgehead atoms. The summed E-state index contributed by atoms with van der Waals surface area (Å²) >= 11 is 0. The summed E-state index contributed by atoms with van der Waals surface area (Å²) in [6.45, 7) is 3.86. The highest BCUT2D eigenvalue weighted by molar-refractivity contribution is 5.74. The van der Waals surface area contributed by atoms with Gasteiger partial charge in [0.2, 0.25) is 0 Å². The minimum atomic E-state index is -0.745. The predicted octanol–water partition coefficient (Wildman–Crippen LogP) is 2.65. The third kappa shape index (κ3) is 2.14. The first-order valence-corrected chi connectivity index (χ1v) is 6.25. The highest BCUT2D eigenvalue weighted by Crippen LogP contribution is 2.17. The molecule has 106 valence electrons. The maximum absolute atomic E-state index is 13.4. The van der Waals surface area contributed by atoms with Gasteiger partial charge in [0.05, 0.1) is 11.2 Å². The van der Waals surface area contributed by atoms with Crippen molar-refractivity contribution in [1.29, 1.82) is 0 Å². The second-order valence-electron chi connectivity index (χ2n) is 4.49. The fourth-order valence-electron chi connectivity index (χ4n) is 2.30. The molecule has 0 aliphatic rings. The maximum atomic E-state index is 13.4. The molecule has 21 heavy (non-hydrogen) atoms. The van der Waals surface area contributed by atoms with E-state index in [0.29, 0.717) is 11.2 Å². The molecule has 0 saturated carbocycles. The first-order valence-electron chi connectivity index (χ1n) is 6.25. The lowest BCUT2D eigenvalue weighted by Crippen LogP contribution is -2.23. The summed E-state index contributed by atoms with van der Waals surface area (Å²) < 4.78 is 29.4. The Labute approximate surface area is 118 Å². The van der Waals surface area contributed by atoms with Crippen LogP contribution >= 0.6 is 0 Å². The molecule has 6 heteroatoms. The molecule has 0 saturated heterocycles. The minimum absolute atomic E-state index is 0.123. The Balaban J connectivity index is 2.39. The zero-order chi connectivity index (χ0) is 15.0. The van der Waals surface area contributed by atoms with Crippen LogP contribution in [0.4, 0.5) is 8.78 Å². The van der Waals surface area contributed by atoms with Crippen molar-refractivity contribution in [2.75, 3.05) is 0 Å². The van der Waals surface area contributed by atoms with Crippen LogP contribution in [0.2, 0.25) is 0 Å². The number of benzene rings is 1. The zero-order valence-corrected chi connectivity index (χ0v) is 11.0. The van der Waals surface area contributed by atoms with Crippen LogP contribution in [0.25, 0.3) is 16.9 Å². The number of halogens is 2. The molecule has 0 aliphatic heterocycles. The summed E-state index contributed by atoms with van der Waals surface area (Å²) in [5, 5.41) is 0. The van der Waals surface area contributed by atoms with Crippen LogP contribution in [0.1, 0.15) is 0 Å². The third-order valence-corrected chi connectivity index (χ3v) is 3.10. The predicted molar refractivity (Wildman–Crippen MR) is 75.4 cm³/mol. The van der Waals surface area contributed by atoms with Crippen LogP contribution in [-0.4, -0.2) is 14.1 Å². The molecule has 0 atom stereocenters. The van der Waals surface area contributed by atoms with Crippen molar-refractivity contribution in [2.24, 2.45) is 0 Å². The molecule has 3 aromatic rings. The Morgan fingerprint density at radius 2 is 1.95 bits per heavy atom. The van der Waals surface area contributed by atoms with Gasteiger partial charge in [0, 0.05) is 18.8 Å². The first kappa shape index (κ1) is 13.2. The van der Waals surface area contributed by atoms with Crippen molar-refractivity contribution in [3.63, 3.8) is 0 Å². The molecule has 0 unspecified atom stereocenters. The lowest BCUT2D eigenvalue weighted by atomic mass is 10.3. The summed E-state index contributed by atoms with van der Waals surface area (Å²) in [5.41, 5.74) is 0.619. The SMILES string of the molecule is C=CCn1c(=O)n(-c2cc(F)cc(F)c2)c2cccnc21. The molecule has 0 N–H and O–H groups in total. The largest absolute Gasteiger partial charge is 0.335 e. The van der Waals surface area contributed by atoms with Crippen LogP contribution in [0.3, 0.4) is 0 Å². The van der Waals surface area contributed by atoms with Crippen molar-refractivity contribution in [1.82, 2.24) is 14.1 Å². The van der Waals surface area contributed by atoms with Gasteiger partial charge >= 0.3 is 5.69 Å². The van der Waals surface area contributed by atoms with Crippen LogP contribution in [0.15, 0.2) is 54.0 Å². The topological polar surface area (TPSA) is 39.8 Å². The minimum Gasteiger partial charge on any atom is -0.272 e. The van der Waals surface area contributed by atoms with Crippen molar-refractivity contribution in [3.05, 3.63) is 71.3 Å². The van der Waals surface area contributed by atoms with E-state index >= 15 is 0 Å². The van der Waals surface area contributed by atoms with Gasteiger partial charge in [-0.25, -0.2) is 18.6 Å². The lowest BCUT2D eigenvalue weighted by molar-refractivity contribution is 0.581. The summed E-state index contributed by atoms with van der Waals surface area (Å²) in [6.07, 6.45) is 3.11. The van der Waals surface area contributed by atoms with Gasteiger partial charge in [-0.1, -0.05) is 6.08 Å². The molecule has 0 aliphatic carbocycles. The summed E-state index contributed by atoms with van der Waals surface area (Å²) in [7, 11) is 0. The molecule has 2 heterocycles. The van der Waals surface area contributed by atoms with E-state index in [0.717, 1.165) is 18.2 Å². The number of aromatic nitrogens is 3. The number of pyridine rings is 1. The molecule has 0 spiro atoms. The van der Waals surface area contributed by atoms with E-state index in [1.807, 2.05) is 0 Å². The normalized spacial score (nSPS) is 11.0. The van der Waals surface area contributed by atoms with Crippen molar-refractivity contribution in [3.8, 4) is 5.69 Å². The van der Waals surface area contributed by atoms with Crippen molar-refractivity contribution < 1.29 is 8.78 Å². The number of imidazole rings is 1. The Kier molecular flexibility index (Phi) is 3.13. The first-order chi connectivity index (χ1) is 10.1. The summed E-state index contributed by atoms with van der Waals surface area (Å²) in [4.78, 5) is 16.7. The smallest absolute Gasteiger partial charge is 0.272 e. The fourth-order valence-corrected chi connectivity index (χ4v) is 2.30. The van der Waals surface area contributed by atoms with Gasteiger partial charge in [-0.05, 0) is 24.3 Å². The van der Waals surface area contributed by atoms with Gasteiger partial charge in [-0.3, -0.25) is 9.13 Å². The Hall–Kier alpha value is -2.76. The van der Waals surface area contributed by atoms with E-state index < -0.39 is 17.3 Å². The van der Waals surface area contributed by atoms with Gasteiger partial charge in [0.1, 0.15) is 11.6 Å². The summed E-state index contributed by atoms with van der Waals surface area (Å²) in [5.74, 6) is -1.49. The Morgan fingerprint density at radius 1 is 1.24 bits per heavy atom. The summed E-state index contributed by atoms with van der Waals surface area (Å²) in [6, 6.07) is 6.30. The second-order valence-corrected chi connectivity index (χ2v) is 4.49. The monoisotopic (exact) mass is 287 g/mol. The fraction of sp³-hybridized carbons (Fsp3) is 0.0667. The van der Waals surface area contributed by atoms with E-state index in [1.54, 1.807) is 24.4 Å². The maximum Gasteiger partial charge on any atom is 0.335 e. The van der Waals surface area contributed by atoms with Gasteiger partial charge < -0.3 is 0 Å². The molecule has 3 rings (SSSR count).